The molecule has 0 aromatic heterocycles. The van der Waals surface area contributed by atoms with Gasteiger partial charge in [-0.3, -0.25) is 4.79 Å². The van der Waals surface area contributed by atoms with E-state index < -0.39 is 5.54 Å². The molecule has 3 nitrogen and oxygen atoms in total. The van der Waals surface area contributed by atoms with Crippen LogP contribution in [0.4, 0.5) is 0 Å². The zero-order chi connectivity index (χ0) is 15.2. The Hall–Kier alpha value is -1.00. The Balaban J connectivity index is 2.64. The molecule has 3 N–H and O–H groups in total. The lowest BCUT2D eigenvalue weighted by Crippen LogP contribution is -2.54. The van der Waals surface area contributed by atoms with Gasteiger partial charge < -0.3 is 11.1 Å². The molecule has 0 bridgehead atoms. The van der Waals surface area contributed by atoms with Crippen molar-refractivity contribution in [1.82, 2.24) is 5.32 Å². The molecule has 1 rings (SSSR count). The largest absolute Gasteiger partial charge is 0.368 e. The summed E-state index contributed by atoms with van der Waals surface area (Å²) < 4.78 is 0. The van der Waals surface area contributed by atoms with E-state index in [0.29, 0.717) is 5.25 Å². The molecule has 20 heavy (non-hydrogen) atoms. The van der Waals surface area contributed by atoms with Crippen molar-refractivity contribution in [3.05, 3.63) is 29.8 Å². The number of carbonyl (C=O) groups is 1. The Bertz CT molecular complexity index is 433. The van der Waals surface area contributed by atoms with Gasteiger partial charge in [0.25, 0.3) is 0 Å². The van der Waals surface area contributed by atoms with Gasteiger partial charge in [0, 0.05) is 10.1 Å². The number of hydrogen-bond donors (Lipinski definition) is 2. The van der Waals surface area contributed by atoms with Gasteiger partial charge in [0.05, 0.1) is 5.54 Å². The Morgan fingerprint density at radius 3 is 2.50 bits per heavy atom. The summed E-state index contributed by atoms with van der Waals surface area (Å²) in [5, 5.41) is 3.60. The lowest BCUT2D eigenvalue weighted by atomic mass is 9.95. The second-order valence-electron chi connectivity index (χ2n) is 5.57. The van der Waals surface area contributed by atoms with E-state index in [4.69, 9.17) is 5.73 Å². The molecule has 112 valence electrons. The summed E-state index contributed by atoms with van der Waals surface area (Å²) in [5.74, 6) is -0.276. The molecule has 0 aliphatic heterocycles. The average molecular weight is 294 g/mol. The molecular formula is C16H26N2OS. The molecule has 0 fully saturated rings. The number of nitrogens with one attached hydrogen (secondary N) is 1. The maximum atomic E-state index is 11.7. The van der Waals surface area contributed by atoms with Crippen LogP contribution in [0.2, 0.25) is 0 Å². The van der Waals surface area contributed by atoms with E-state index in [1.54, 1.807) is 11.8 Å². The molecule has 0 spiro atoms. The van der Waals surface area contributed by atoms with Crippen LogP contribution < -0.4 is 11.1 Å². The van der Waals surface area contributed by atoms with Gasteiger partial charge in [-0.2, -0.15) is 0 Å². The second kappa shape index (κ2) is 7.70. The molecule has 0 saturated heterocycles. The summed E-state index contributed by atoms with van der Waals surface area (Å²) in [5.41, 5.74) is 6.19. The average Bonchev–Trinajstić information content (AvgIpc) is 2.39. The summed E-state index contributed by atoms with van der Waals surface area (Å²) in [7, 11) is 0. The predicted molar refractivity (Wildman–Crippen MR) is 87.0 cm³/mol. The first-order valence-electron chi connectivity index (χ1n) is 7.15. The summed E-state index contributed by atoms with van der Waals surface area (Å²) in [6.07, 6.45) is 1.71. The normalized spacial score (nSPS) is 15.6. The smallest absolute Gasteiger partial charge is 0.237 e. The molecular weight excluding hydrogens is 268 g/mol. The van der Waals surface area contributed by atoms with E-state index in [1.165, 1.54) is 10.5 Å². The van der Waals surface area contributed by atoms with Gasteiger partial charge in [-0.1, -0.05) is 31.5 Å². The van der Waals surface area contributed by atoms with Crippen LogP contribution in [-0.2, 0) is 4.79 Å². The van der Waals surface area contributed by atoms with Crippen LogP contribution >= 0.6 is 11.8 Å². The first-order chi connectivity index (χ1) is 9.37. The number of aryl methyl sites for hydroxylation is 1. The number of hydrogen-bond acceptors (Lipinski definition) is 3. The van der Waals surface area contributed by atoms with Gasteiger partial charge in [0.1, 0.15) is 0 Å². The van der Waals surface area contributed by atoms with E-state index >= 15 is 0 Å². The fourth-order valence-corrected chi connectivity index (χ4v) is 3.30. The minimum atomic E-state index is -0.632. The van der Waals surface area contributed by atoms with Crippen LogP contribution in [0.3, 0.4) is 0 Å². The lowest BCUT2D eigenvalue weighted by molar-refractivity contribution is -0.124. The first-order valence-corrected chi connectivity index (χ1v) is 8.03. The van der Waals surface area contributed by atoms with Gasteiger partial charge in [-0.05, 0) is 45.4 Å². The topological polar surface area (TPSA) is 55.1 Å². The van der Waals surface area contributed by atoms with E-state index in [1.807, 2.05) is 6.92 Å². The Morgan fingerprint density at radius 2 is 2.00 bits per heavy atom. The fourth-order valence-electron chi connectivity index (χ4n) is 2.13. The number of rotatable bonds is 8. The molecule has 0 radical (unpaired) electrons. The van der Waals surface area contributed by atoms with Crippen molar-refractivity contribution in [2.24, 2.45) is 5.73 Å². The third kappa shape index (κ3) is 5.17. The minimum absolute atomic E-state index is 0.276. The molecule has 1 aromatic carbocycles. The van der Waals surface area contributed by atoms with Crippen LogP contribution in [0.25, 0.3) is 0 Å². The van der Waals surface area contributed by atoms with Crippen molar-refractivity contribution in [2.75, 3.05) is 6.54 Å². The van der Waals surface area contributed by atoms with Crippen LogP contribution in [0.1, 0.15) is 39.2 Å². The van der Waals surface area contributed by atoms with Crippen molar-refractivity contribution >= 4 is 17.7 Å². The van der Waals surface area contributed by atoms with E-state index in [9.17, 15) is 4.79 Å². The number of thioether (sulfide) groups is 1. The van der Waals surface area contributed by atoms with Gasteiger partial charge in [0.2, 0.25) is 5.91 Å². The number of nitrogens with two attached hydrogens (primary N) is 1. The van der Waals surface area contributed by atoms with Crippen LogP contribution in [0, 0.1) is 6.92 Å². The molecule has 0 heterocycles. The quantitative estimate of drug-likeness (QED) is 0.724. The molecule has 1 aromatic rings. The van der Waals surface area contributed by atoms with Gasteiger partial charge in [-0.15, -0.1) is 11.8 Å². The summed E-state index contributed by atoms with van der Waals surface area (Å²) >= 11 is 1.78. The van der Waals surface area contributed by atoms with E-state index in [-0.39, 0.29) is 5.91 Å². The second-order valence-corrected chi connectivity index (χ2v) is 7.08. The molecule has 1 amide bonds. The Morgan fingerprint density at radius 1 is 1.40 bits per heavy atom. The zero-order valence-electron chi connectivity index (χ0n) is 12.9. The van der Waals surface area contributed by atoms with Gasteiger partial charge in [0.15, 0.2) is 0 Å². The number of benzene rings is 1. The maximum Gasteiger partial charge on any atom is 0.237 e. The standard InChI is InChI=1S/C16H26N2OS/c1-5-10-18-16(4,15(17)19)11-13(3)20-14-8-6-12(2)7-9-14/h6-9,13,18H,5,10-11H2,1-4H3,(H2,17,19). The maximum absolute atomic E-state index is 11.7. The van der Waals surface area contributed by atoms with E-state index in [2.05, 4.69) is 50.4 Å². The molecule has 2 atom stereocenters. The van der Waals surface area contributed by atoms with Crippen molar-refractivity contribution in [3.63, 3.8) is 0 Å². The Labute approximate surface area is 126 Å². The SMILES string of the molecule is CCCNC(C)(CC(C)Sc1ccc(C)cc1)C(N)=O. The third-order valence-corrected chi connectivity index (χ3v) is 4.48. The van der Waals surface area contributed by atoms with Crippen molar-refractivity contribution < 1.29 is 4.79 Å². The van der Waals surface area contributed by atoms with E-state index in [0.717, 1.165) is 19.4 Å². The van der Waals surface area contributed by atoms with Crippen LogP contribution in [0.5, 0.6) is 0 Å². The predicted octanol–water partition coefficient (Wildman–Crippen LogP) is 3.11. The third-order valence-electron chi connectivity index (χ3n) is 3.36. The summed E-state index contributed by atoms with van der Waals surface area (Å²) in [4.78, 5) is 12.9. The number of carbonyl (C=O) groups excluding carboxylic acids is 1. The summed E-state index contributed by atoms with van der Waals surface area (Å²) in [6, 6.07) is 8.46. The molecule has 0 saturated carbocycles. The molecule has 2 unspecified atom stereocenters. The zero-order valence-corrected chi connectivity index (χ0v) is 13.7. The highest BCUT2D eigenvalue weighted by molar-refractivity contribution is 7.99. The van der Waals surface area contributed by atoms with Crippen molar-refractivity contribution in [1.29, 1.82) is 0 Å². The summed E-state index contributed by atoms with van der Waals surface area (Å²) in [6.45, 7) is 9.01. The fraction of sp³-hybridized carbons (Fsp3) is 0.562. The molecule has 0 aliphatic carbocycles. The Kier molecular flexibility index (Phi) is 6.56. The lowest BCUT2D eigenvalue weighted by Gasteiger charge is -2.30. The van der Waals surface area contributed by atoms with Gasteiger partial charge >= 0.3 is 0 Å². The minimum Gasteiger partial charge on any atom is -0.368 e. The first kappa shape index (κ1) is 17.1. The highest BCUT2D eigenvalue weighted by atomic mass is 32.2. The van der Waals surface area contributed by atoms with Crippen LogP contribution in [0.15, 0.2) is 29.2 Å². The van der Waals surface area contributed by atoms with Crippen LogP contribution in [-0.4, -0.2) is 23.2 Å². The number of primary amides is 1. The highest BCUT2D eigenvalue weighted by Crippen LogP contribution is 2.28. The van der Waals surface area contributed by atoms with Crippen molar-refractivity contribution in [2.45, 2.75) is 56.2 Å². The van der Waals surface area contributed by atoms with Gasteiger partial charge in [-0.25, -0.2) is 0 Å². The molecule has 0 aliphatic rings. The molecule has 4 heteroatoms. The highest BCUT2D eigenvalue weighted by Gasteiger charge is 2.32. The number of amides is 1. The monoisotopic (exact) mass is 294 g/mol. The van der Waals surface area contributed by atoms with Crippen molar-refractivity contribution in [3.8, 4) is 0 Å².